The number of likely N-dealkylation sites (tertiary alicyclic amines) is 1. The van der Waals surface area contributed by atoms with Crippen molar-refractivity contribution in [2.45, 2.75) is 26.7 Å². The molecule has 0 spiro atoms. The van der Waals surface area contributed by atoms with E-state index in [4.69, 9.17) is 0 Å². The molecule has 2 rings (SSSR count). The molecule has 110 valence electrons. The highest BCUT2D eigenvalue weighted by molar-refractivity contribution is 5.55. The van der Waals surface area contributed by atoms with Gasteiger partial charge in [0.1, 0.15) is 0 Å². The molecule has 0 radical (unpaired) electrons. The van der Waals surface area contributed by atoms with Crippen molar-refractivity contribution in [2.75, 3.05) is 31.5 Å². The third-order valence-corrected chi connectivity index (χ3v) is 3.83. The number of hydrogen-bond donors (Lipinski definition) is 1. The highest BCUT2D eigenvalue weighted by atomic mass is 16.6. The lowest BCUT2D eigenvalue weighted by Gasteiger charge is -2.21. The molecule has 1 N–H and O–H groups in total. The van der Waals surface area contributed by atoms with Gasteiger partial charge in [0.15, 0.2) is 0 Å². The van der Waals surface area contributed by atoms with Crippen LogP contribution in [0.15, 0.2) is 18.2 Å². The van der Waals surface area contributed by atoms with E-state index in [1.54, 1.807) is 18.2 Å². The summed E-state index contributed by atoms with van der Waals surface area (Å²) < 4.78 is 0. The molecule has 1 atom stereocenters. The molecule has 0 saturated carbocycles. The van der Waals surface area contributed by atoms with Crippen molar-refractivity contribution in [2.24, 2.45) is 5.92 Å². The van der Waals surface area contributed by atoms with E-state index in [0.717, 1.165) is 24.3 Å². The van der Waals surface area contributed by atoms with Crippen LogP contribution in [0, 0.1) is 23.0 Å². The van der Waals surface area contributed by atoms with Gasteiger partial charge in [-0.05, 0) is 50.4 Å². The van der Waals surface area contributed by atoms with E-state index in [0.29, 0.717) is 5.92 Å². The van der Waals surface area contributed by atoms with Crippen molar-refractivity contribution in [3.05, 3.63) is 33.9 Å². The largest absolute Gasteiger partial charge is 0.385 e. The monoisotopic (exact) mass is 277 g/mol. The maximum absolute atomic E-state index is 10.7. The van der Waals surface area contributed by atoms with Crippen LogP contribution >= 0.6 is 0 Å². The van der Waals surface area contributed by atoms with Crippen LogP contribution in [0.25, 0.3) is 0 Å². The fraction of sp³-hybridized carbons (Fsp3) is 0.600. The van der Waals surface area contributed by atoms with Crippen LogP contribution in [0.5, 0.6) is 0 Å². The first kappa shape index (κ1) is 14.8. The first-order chi connectivity index (χ1) is 9.56. The topological polar surface area (TPSA) is 58.4 Å². The minimum atomic E-state index is -0.354. The average Bonchev–Trinajstić information content (AvgIpc) is 2.90. The normalized spacial score (nSPS) is 17.1. The van der Waals surface area contributed by atoms with Gasteiger partial charge in [-0.1, -0.05) is 6.92 Å². The van der Waals surface area contributed by atoms with Gasteiger partial charge in [-0.3, -0.25) is 10.1 Å². The first-order valence-electron chi connectivity index (χ1n) is 7.27. The summed E-state index contributed by atoms with van der Waals surface area (Å²) in [5.74, 6) is 0.572. The van der Waals surface area contributed by atoms with E-state index in [1.165, 1.54) is 25.9 Å². The predicted octanol–water partition coefficient (Wildman–Crippen LogP) is 3.05. The van der Waals surface area contributed by atoms with Crippen LogP contribution < -0.4 is 5.32 Å². The van der Waals surface area contributed by atoms with Gasteiger partial charge in [0, 0.05) is 30.9 Å². The Morgan fingerprint density at radius 1 is 1.40 bits per heavy atom. The van der Waals surface area contributed by atoms with Gasteiger partial charge in [0.25, 0.3) is 5.69 Å². The van der Waals surface area contributed by atoms with Crippen LogP contribution in [0.3, 0.4) is 0 Å². The minimum absolute atomic E-state index is 0.151. The quantitative estimate of drug-likeness (QED) is 0.641. The molecule has 0 aliphatic carbocycles. The van der Waals surface area contributed by atoms with Gasteiger partial charge in [-0.15, -0.1) is 0 Å². The smallest absolute Gasteiger partial charge is 0.269 e. The molecule has 0 bridgehead atoms. The summed E-state index contributed by atoms with van der Waals surface area (Å²) in [5.41, 5.74) is 2.06. The zero-order valence-corrected chi connectivity index (χ0v) is 12.3. The molecule has 1 fully saturated rings. The van der Waals surface area contributed by atoms with E-state index in [1.807, 2.05) is 6.92 Å². The molecule has 1 aromatic rings. The van der Waals surface area contributed by atoms with E-state index in [2.05, 4.69) is 17.1 Å². The zero-order chi connectivity index (χ0) is 14.5. The fourth-order valence-electron chi connectivity index (χ4n) is 2.71. The summed E-state index contributed by atoms with van der Waals surface area (Å²) in [6.07, 6.45) is 2.64. The van der Waals surface area contributed by atoms with Crippen molar-refractivity contribution in [3.63, 3.8) is 0 Å². The van der Waals surface area contributed by atoms with Crippen molar-refractivity contribution < 1.29 is 4.92 Å². The average molecular weight is 277 g/mol. The van der Waals surface area contributed by atoms with E-state index >= 15 is 0 Å². The Bertz CT molecular complexity index is 470. The van der Waals surface area contributed by atoms with Crippen molar-refractivity contribution >= 4 is 11.4 Å². The lowest BCUT2D eigenvalue weighted by atomic mass is 10.1. The van der Waals surface area contributed by atoms with E-state index < -0.39 is 0 Å². The van der Waals surface area contributed by atoms with Crippen molar-refractivity contribution in [1.29, 1.82) is 0 Å². The van der Waals surface area contributed by atoms with Crippen LogP contribution in [-0.4, -0.2) is 36.0 Å². The molecule has 20 heavy (non-hydrogen) atoms. The lowest BCUT2D eigenvalue weighted by Crippen LogP contribution is -2.28. The summed E-state index contributed by atoms with van der Waals surface area (Å²) in [5, 5.41) is 14.1. The summed E-state index contributed by atoms with van der Waals surface area (Å²) in [6, 6.07) is 4.98. The van der Waals surface area contributed by atoms with Gasteiger partial charge >= 0.3 is 0 Å². The van der Waals surface area contributed by atoms with Crippen LogP contribution in [0.4, 0.5) is 11.4 Å². The van der Waals surface area contributed by atoms with Crippen molar-refractivity contribution in [3.8, 4) is 0 Å². The Balaban J connectivity index is 1.85. The number of hydrogen-bond acceptors (Lipinski definition) is 4. The maximum Gasteiger partial charge on any atom is 0.269 e. The van der Waals surface area contributed by atoms with Gasteiger partial charge in [0.05, 0.1) is 4.92 Å². The first-order valence-corrected chi connectivity index (χ1v) is 7.27. The Labute approximate surface area is 120 Å². The molecule has 1 unspecified atom stereocenters. The van der Waals surface area contributed by atoms with E-state index in [-0.39, 0.29) is 10.6 Å². The Morgan fingerprint density at radius 2 is 2.10 bits per heavy atom. The molecule has 1 heterocycles. The number of benzene rings is 1. The fourth-order valence-corrected chi connectivity index (χ4v) is 2.71. The second-order valence-corrected chi connectivity index (χ2v) is 5.75. The van der Waals surface area contributed by atoms with Gasteiger partial charge in [-0.2, -0.15) is 0 Å². The lowest BCUT2D eigenvalue weighted by molar-refractivity contribution is -0.384. The summed E-state index contributed by atoms with van der Waals surface area (Å²) in [4.78, 5) is 12.9. The number of rotatable bonds is 6. The van der Waals surface area contributed by atoms with Crippen molar-refractivity contribution in [1.82, 2.24) is 4.90 Å². The number of anilines is 1. The molecule has 0 amide bonds. The summed E-state index contributed by atoms with van der Waals surface area (Å²) >= 11 is 0. The highest BCUT2D eigenvalue weighted by Gasteiger charge is 2.15. The second-order valence-electron chi connectivity index (χ2n) is 5.75. The minimum Gasteiger partial charge on any atom is -0.385 e. The number of nitrogens with one attached hydrogen (secondary N) is 1. The Kier molecular flexibility index (Phi) is 4.95. The number of aryl methyl sites for hydroxylation is 1. The SMILES string of the molecule is Cc1cc([N+](=O)[O-])ccc1NCC(C)CN1CCCC1. The maximum atomic E-state index is 10.7. The Hall–Kier alpha value is -1.62. The van der Waals surface area contributed by atoms with E-state index in [9.17, 15) is 10.1 Å². The molecule has 1 aliphatic rings. The molecule has 5 nitrogen and oxygen atoms in total. The highest BCUT2D eigenvalue weighted by Crippen LogP contribution is 2.21. The molecule has 0 aromatic heterocycles. The standard InChI is InChI=1S/C15H23N3O2/c1-12(11-17-7-3-4-8-17)10-16-15-6-5-14(18(19)20)9-13(15)2/h5-6,9,12,16H,3-4,7-8,10-11H2,1-2H3. The third kappa shape index (κ3) is 3.93. The molecule has 1 aromatic carbocycles. The zero-order valence-electron chi connectivity index (χ0n) is 12.3. The summed E-state index contributed by atoms with van der Waals surface area (Å²) in [6.45, 7) is 8.61. The molecule has 1 aliphatic heterocycles. The molecule has 1 saturated heterocycles. The Morgan fingerprint density at radius 3 is 2.70 bits per heavy atom. The second kappa shape index (κ2) is 6.70. The molecular formula is C15H23N3O2. The van der Waals surface area contributed by atoms with Gasteiger partial charge in [-0.25, -0.2) is 0 Å². The van der Waals surface area contributed by atoms with Gasteiger partial charge in [0.2, 0.25) is 0 Å². The molecular weight excluding hydrogens is 254 g/mol. The number of nitro groups is 1. The van der Waals surface area contributed by atoms with Gasteiger partial charge < -0.3 is 10.2 Å². The predicted molar refractivity (Wildman–Crippen MR) is 81.2 cm³/mol. The van der Waals surface area contributed by atoms with Crippen LogP contribution in [0.2, 0.25) is 0 Å². The summed E-state index contributed by atoms with van der Waals surface area (Å²) in [7, 11) is 0. The number of non-ortho nitro benzene ring substituents is 1. The van der Waals surface area contributed by atoms with Crippen LogP contribution in [0.1, 0.15) is 25.3 Å². The number of nitro benzene ring substituents is 1. The number of nitrogens with zero attached hydrogens (tertiary/aromatic N) is 2. The van der Waals surface area contributed by atoms with Crippen LogP contribution in [-0.2, 0) is 0 Å². The molecule has 5 heteroatoms. The third-order valence-electron chi connectivity index (χ3n) is 3.83.